The van der Waals surface area contributed by atoms with E-state index in [9.17, 15) is 4.79 Å². The molecule has 1 aliphatic rings. The van der Waals surface area contributed by atoms with E-state index < -0.39 is 0 Å². The molecule has 1 aromatic rings. The van der Waals surface area contributed by atoms with Gasteiger partial charge in [-0.2, -0.15) is 0 Å². The molecular formula is C11H14BrNO2. The van der Waals surface area contributed by atoms with Crippen molar-refractivity contribution in [2.75, 3.05) is 6.54 Å². The van der Waals surface area contributed by atoms with Crippen LogP contribution in [0.4, 0.5) is 0 Å². The molecule has 1 aromatic heterocycles. The maximum atomic E-state index is 11.7. The minimum Gasteiger partial charge on any atom is -0.457 e. The summed E-state index contributed by atoms with van der Waals surface area (Å²) < 4.78 is 5.51. The van der Waals surface area contributed by atoms with E-state index in [-0.39, 0.29) is 5.91 Å². The number of hydrogen-bond acceptors (Lipinski definition) is 2. The maximum absolute atomic E-state index is 11.7. The molecule has 0 bridgehead atoms. The lowest BCUT2D eigenvalue weighted by Crippen LogP contribution is -2.39. The molecule has 15 heavy (non-hydrogen) atoms. The van der Waals surface area contributed by atoms with Gasteiger partial charge >= 0.3 is 0 Å². The Kier molecular flexibility index (Phi) is 2.87. The summed E-state index contributed by atoms with van der Waals surface area (Å²) in [4.78, 5) is 11.7. The molecule has 0 aromatic carbocycles. The molecule has 0 unspecified atom stereocenters. The summed E-state index contributed by atoms with van der Waals surface area (Å²) >= 11 is 3.19. The molecule has 2 rings (SSSR count). The van der Waals surface area contributed by atoms with Gasteiger partial charge in [0.05, 0.1) is 11.8 Å². The Morgan fingerprint density at radius 3 is 2.87 bits per heavy atom. The Balaban J connectivity index is 1.90. The SMILES string of the molecule is CC1(CNC(=O)c2ccoc2Br)CCC1. The van der Waals surface area contributed by atoms with E-state index in [4.69, 9.17) is 4.42 Å². The van der Waals surface area contributed by atoms with Gasteiger partial charge in [-0.15, -0.1) is 0 Å². The van der Waals surface area contributed by atoms with Gasteiger partial charge in [0.15, 0.2) is 4.67 Å². The molecule has 1 saturated carbocycles. The first-order valence-corrected chi connectivity index (χ1v) is 5.91. The lowest BCUT2D eigenvalue weighted by atomic mass is 9.70. The van der Waals surface area contributed by atoms with Crippen molar-refractivity contribution in [2.45, 2.75) is 26.2 Å². The van der Waals surface area contributed by atoms with Gasteiger partial charge in [-0.25, -0.2) is 0 Å². The average Bonchev–Trinajstić information content (AvgIpc) is 2.58. The third kappa shape index (κ3) is 2.25. The van der Waals surface area contributed by atoms with E-state index in [1.165, 1.54) is 25.5 Å². The van der Waals surface area contributed by atoms with Crippen LogP contribution in [0.5, 0.6) is 0 Å². The van der Waals surface area contributed by atoms with E-state index >= 15 is 0 Å². The first-order chi connectivity index (χ1) is 7.11. The number of halogens is 1. The van der Waals surface area contributed by atoms with Gasteiger partial charge in [0.1, 0.15) is 0 Å². The number of nitrogens with one attached hydrogen (secondary N) is 1. The molecule has 1 heterocycles. The second kappa shape index (κ2) is 4.00. The highest BCUT2D eigenvalue weighted by atomic mass is 79.9. The Hall–Kier alpha value is -0.770. The summed E-state index contributed by atoms with van der Waals surface area (Å²) in [6, 6.07) is 1.67. The van der Waals surface area contributed by atoms with E-state index in [0.717, 1.165) is 6.54 Å². The molecule has 0 saturated heterocycles. The largest absolute Gasteiger partial charge is 0.457 e. The molecule has 1 aliphatic carbocycles. The average molecular weight is 272 g/mol. The Labute approximate surface area is 97.4 Å². The fraction of sp³-hybridized carbons (Fsp3) is 0.545. The summed E-state index contributed by atoms with van der Waals surface area (Å²) in [7, 11) is 0. The molecule has 0 aliphatic heterocycles. The number of hydrogen-bond donors (Lipinski definition) is 1. The normalized spacial score (nSPS) is 18.3. The third-order valence-electron chi connectivity index (χ3n) is 3.10. The predicted octanol–water partition coefficient (Wildman–Crippen LogP) is 2.96. The molecule has 1 amide bonds. The zero-order valence-electron chi connectivity index (χ0n) is 8.68. The van der Waals surface area contributed by atoms with E-state index in [1.807, 2.05) is 0 Å². The summed E-state index contributed by atoms with van der Waals surface area (Å²) in [5.74, 6) is -0.0660. The van der Waals surface area contributed by atoms with Crippen molar-refractivity contribution in [3.8, 4) is 0 Å². The third-order valence-corrected chi connectivity index (χ3v) is 3.71. The van der Waals surface area contributed by atoms with Crippen molar-refractivity contribution in [3.05, 3.63) is 22.6 Å². The molecule has 82 valence electrons. The first kappa shape index (κ1) is 10.7. The highest BCUT2D eigenvalue weighted by Crippen LogP contribution is 2.39. The standard InChI is InChI=1S/C11H14BrNO2/c1-11(4-2-5-11)7-13-10(14)8-3-6-15-9(8)12/h3,6H,2,4-5,7H2,1H3,(H,13,14). The van der Waals surface area contributed by atoms with Crippen LogP contribution in [0.15, 0.2) is 21.4 Å². The van der Waals surface area contributed by atoms with Crippen LogP contribution in [0, 0.1) is 5.41 Å². The predicted molar refractivity (Wildman–Crippen MR) is 60.7 cm³/mol. The van der Waals surface area contributed by atoms with Crippen molar-refractivity contribution in [3.63, 3.8) is 0 Å². The highest BCUT2D eigenvalue weighted by Gasteiger charge is 2.32. The monoisotopic (exact) mass is 271 g/mol. The van der Waals surface area contributed by atoms with E-state index in [0.29, 0.717) is 15.6 Å². The summed E-state index contributed by atoms with van der Waals surface area (Å²) in [5, 5.41) is 2.94. The first-order valence-electron chi connectivity index (χ1n) is 5.12. The molecule has 0 spiro atoms. The minimum atomic E-state index is -0.0660. The van der Waals surface area contributed by atoms with Gasteiger partial charge in [-0.1, -0.05) is 13.3 Å². The summed E-state index contributed by atoms with van der Waals surface area (Å²) in [5.41, 5.74) is 0.879. The zero-order chi connectivity index (χ0) is 10.9. The molecule has 3 nitrogen and oxygen atoms in total. The number of furan rings is 1. The number of carbonyl (C=O) groups excluding carboxylic acids is 1. The van der Waals surface area contributed by atoms with Gasteiger partial charge in [0.2, 0.25) is 0 Å². The van der Waals surface area contributed by atoms with Crippen LogP contribution < -0.4 is 5.32 Å². The molecule has 4 heteroatoms. The van der Waals surface area contributed by atoms with Crippen molar-refractivity contribution in [1.82, 2.24) is 5.32 Å². The van der Waals surface area contributed by atoms with Crippen LogP contribution in [0.3, 0.4) is 0 Å². The van der Waals surface area contributed by atoms with E-state index in [2.05, 4.69) is 28.2 Å². The minimum absolute atomic E-state index is 0.0660. The van der Waals surface area contributed by atoms with Crippen molar-refractivity contribution in [1.29, 1.82) is 0 Å². The second-order valence-electron chi connectivity index (χ2n) is 4.45. The van der Waals surface area contributed by atoms with Crippen molar-refractivity contribution in [2.24, 2.45) is 5.41 Å². The van der Waals surface area contributed by atoms with Gasteiger partial charge < -0.3 is 9.73 Å². The van der Waals surface area contributed by atoms with Crippen molar-refractivity contribution >= 4 is 21.8 Å². The van der Waals surface area contributed by atoms with E-state index in [1.54, 1.807) is 6.07 Å². The van der Waals surface area contributed by atoms with Gasteiger partial charge in [-0.3, -0.25) is 4.79 Å². The quantitative estimate of drug-likeness (QED) is 0.919. The van der Waals surface area contributed by atoms with Crippen LogP contribution in [0.2, 0.25) is 0 Å². The van der Waals surface area contributed by atoms with Gasteiger partial charge in [0, 0.05) is 6.54 Å². The smallest absolute Gasteiger partial charge is 0.255 e. The zero-order valence-corrected chi connectivity index (χ0v) is 10.3. The van der Waals surface area contributed by atoms with Crippen LogP contribution in [-0.4, -0.2) is 12.5 Å². The topological polar surface area (TPSA) is 42.2 Å². The van der Waals surface area contributed by atoms with Crippen LogP contribution in [-0.2, 0) is 0 Å². The molecule has 0 atom stereocenters. The molecule has 1 fully saturated rings. The Morgan fingerprint density at radius 2 is 2.40 bits per heavy atom. The van der Waals surface area contributed by atoms with Crippen LogP contribution in [0.25, 0.3) is 0 Å². The van der Waals surface area contributed by atoms with Gasteiger partial charge in [0.25, 0.3) is 5.91 Å². The van der Waals surface area contributed by atoms with Crippen LogP contribution >= 0.6 is 15.9 Å². The number of carbonyl (C=O) groups is 1. The highest BCUT2D eigenvalue weighted by molar-refractivity contribution is 9.10. The Bertz CT molecular complexity index is 368. The van der Waals surface area contributed by atoms with Crippen molar-refractivity contribution < 1.29 is 9.21 Å². The van der Waals surface area contributed by atoms with Crippen LogP contribution in [0.1, 0.15) is 36.5 Å². The number of rotatable bonds is 3. The maximum Gasteiger partial charge on any atom is 0.255 e. The Morgan fingerprint density at radius 1 is 1.67 bits per heavy atom. The van der Waals surface area contributed by atoms with Gasteiger partial charge in [-0.05, 0) is 40.3 Å². The fourth-order valence-electron chi connectivity index (χ4n) is 1.80. The lowest BCUT2D eigenvalue weighted by molar-refractivity contribution is 0.0889. The summed E-state index contributed by atoms with van der Waals surface area (Å²) in [6.45, 7) is 2.96. The molecule has 1 N–H and O–H groups in total. The fourth-order valence-corrected chi connectivity index (χ4v) is 2.22. The second-order valence-corrected chi connectivity index (χ2v) is 5.18. The lowest BCUT2D eigenvalue weighted by Gasteiger charge is -2.38. The molecule has 0 radical (unpaired) electrons. The summed E-state index contributed by atoms with van der Waals surface area (Å²) in [6.07, 6.45) is 5.20. The number of amides is 1. The molecular weight excluding hydrogens is 258 g/mol.